The first kappa shape index (κ1) is 19.5. The molecule has 1 saturated heterocycles. The van der Waals surface area contributed by atoms with Crippen molar-refractivity contribution in [2.24, 2.45) is 0 Å². The fourth-order valence-electron chi connectivity index (χ4n) is 3.33. The maximum absolute atomic E-state index is 13.0. The number of hydrogen-bond acceptors (Lipinski definition) is 6. The van der Waals surface area contributed by atoms with Crippen molar-refractivity contribution >= 4 is 22.7 Å². The second-order valence-electron chi connectivity index (χ2n) is 6.80. The van der Waals surface area contributed by atoms with Crippen molar-refractivity contribution in [2.45, 2.75) is 30.6 Å². The van der Waals surface area contributed by atoms with Crippen LogP contribution in [-0.4, -0.2) is 34.6 Å². The van der Waals surface area contributed by atoms with E-state index in [0.29, 0.717) is 46.3 Å². The molecular weight excluding hydrogens is 386 g/mol. The number of fused-ring (bicyclic) bond motifs is 1. The smallest absolute Gasteiger partial charge is 0.262 e. The molecule has 1 aliphatic heterocycles. The lowest BCUT2D eigenvalue weighted by atomic mass is 10.2. The summed E-state index contributed by atoms with van der Waals surface area (Å²) in [5.41, 5.74) is 1.28. The standard InChI is InChI=1S/C22H21N3O3S/c23-14-16-7-9-17(10-8-16)28-12-13-29-22-24-20-6-2-1-5-19(20)21(26)25(22)15-18-4-3-11-27-18/h1-2,5-10,18H,3-4,11-13,15H2. The Morgan fingerprint density at radius 1 is 1.24 bits per heavy atom. The van der Waals surface area contributed by atoms with Crippen LogP contribution in [0.2, 0.25) is 0 Å². The normalized spacial score (nSPS) is 16.0. The highest BCUT2D eigenvalue weighted by Gasteiger charge is 2.20. The molecule has 0 radical (unpaired) electrons. The molecule has 0 amide bonds. The summed E-state index contributed by atoms with van der Waals surface area (Å²) in [6.07, 6.45) is 2.05. The van der Waals surface area contributed by atoms with E-state index in [1.54, 1.807) is 28.8 Å². The summed E-state index contributed by atoms with van der Waals surface area (Å²) in [5, 5.41) is 10.2. The lowest BCUT2D eigenvalue weighted by molar-refractivity contribution is 0.0937. The van der Waals surface area contributed by atoms with E-state index >= 15 is 0 Å². The van der Waals surface area contributed by atoms with E-state index in [1.807, 2.05) is 24.3 Å². The molecule has 2 heterocycles. The Morgan fingerprint density at radius 3 is 2.83 bits per heavy atom. The minimum absolute atomic E-state index is 0.0263. The van der Waals surface area contributed by atoms with E-state index in [1.165, 1.54) is 11.8 Å². The number of rotatable bonds is 7. The van der Waals surface area contributed by atoms with Gasteiger partial charge in [0.1, 0.15) is 5.75 Å². The lowest BCUT2D eigenvalue weighted by Crippen LogP contribution is -2.29. The predicted octanol–water partition coefficient (Wildman–Crippen LogP) is 3.62. The number of benzene rings is 2. The van der Waals surface area contributed by atoms with Crippen molar-refractivity contribution in [3.05, 3.63) is 64.4 Å². The van der Waals surface area contributed by atoms with Crippen LogP contribution in [0.5, 0.6) is 5.75 Å². The quantitative estimate of drug-likeness (QED) is 0.338. The van der Waals surface area contributed by atoms with E-state index in [-0.39, 0.29) is 11.7 Å². The maximum atomic E-state index is 13.0. The van der Waals surface area contributed by atoms with Gasteiger partial charge in [-0.2, -0.15) is 5.26 Å². The summed E-state index contributed by atoms with van der Waals surface area (Å²) in [5.74, 6) is 1.36. The Hall–Kier alpha value is -2.82. The molecule has 0 saturated carbocycles. The zero-order chi connectivity index (χ0) is 20.1. The van der Waals surface area contributed by atoms with Gasteiger partial charge in [-0.15, -0.1) is 0 Å². The van der Waals surface area contributed by atoms with E-state index < -0.39 is 0 Å². The second-order valence-corrected chi connectivity index (χ2v) is 7.86. The predicted molar refractivity (Wildman–Crippen MR) is 112 cm³/mol. The molecule has 0 N–H and O–H groups in total. The SMILES string of the molecule is N#Cc1ccc(OCCSc2nc3ccccc3c(=O)n2CC2CCCO2)cc1. The minimum Gasteiger partial charge on any atom is -0.493 e. The number of para-hydroxylation sites is 1. The molecule has 1 aromatic heterocycles. The van der Waals surface area contributed by atoms with E-state index in [9.17, 15) is 4.79 Å². The molecule has 0 bridgehead atoms. The summed E-state index contributed by atoms with van der Waals surface area (Å²) in [6, 6.07) is 16.5. The van der Waals surface area contributed by atoms with Gasteiger partial charge in [0.05, 0.1) is 41.8 Å². The molecule has 148 valence electrons. The van der Waals surface area contributed by atoms with E-state index in [0.717, 1.165) is 19.4 Å². The van der Waals surface area contributed by atoms with Crippen LogP contribution in [0.15, 0.2) is 58.5 Å². The Kier molecular flexibility index (Phi) is 6.13. The largest absolute Gasteiger partial charge is 0.493 e. The molecule has 0 spiro atoms. The lowest BCUT2D eigenvalue weighted by Gasteiger charge is -2.16. The molecule has 1 fully saturated rings. The zero-order valence-corrected chi connectivity index (χ0v) is 16.7. The first-order chi connectivity index (χ1) is 14.2. The number of aromatic nitrogens is 2. The van der Waals surface area contributed by atoms with Crippen LogP contribution in [0, 0.1) is 11.3 Å². The Balaban J connectivity index is 1.48. The number of ether oxygens (including phenoxy) is 2. The number of thioether (sulfide) groups is 1. The number of nitriles is 1. The van der Waals surface area contributed by atoms with Gasteiger partial charge in [0.25, 0.3) is 5.56 Å². The third kappa shape index (κ3) is 4.61. The molecule has 6 nitrogen and oxygen atoms in total. The van der Waals surface area contributed by atoms with Gasteiger partial charge in [-0.1, -0.05) is 23.9 Å². The molecule has 4 rings (SSSR count). The molecule has 29 heavy (non-hydrogen) atoms. The number of hydrogen-bond donors (Lipinski definition) is 0. The monoisotopic (exact) mass is 407 g/mol. The average molecular weight is 407 g/mol. The van der Waals surface area contributed by atoms with Crippen LogP contribution in [0.1, 0.15) is 18.4 Å². The Morgan fingerprint density at radius 2 is 2.07 bits per heavy atom. The van der Waals surface area contributed by atoms with Crippen LogP contribution in [0.4, 0.5) is 0 Å². The van der Waals surface area contributed by atoms with Gasteiger partial charge in [0.15, 0.2) is 5.16 Å². The Labute approximate surface area is 173 Å². The zero-order valence-electron chi connectivity index (χ0n) is 15.9. The molecule has 1 aliphatic rings. The fraction of sp³-hybridized carbons (Fsp3) is 0.318. The van der Waals surface area contributed by atoms with Gasteiger partial charge in [0, 0.05) is 12.4 Å². The van der Waals surface area contributed by atoms with E-state index in [2.05, 4.69) is 6.07 Å². The first-order valence-corrected chi connectivity index (χ1v) is 10.6. The van der Waals surface area contributed by atoms with Crippen molar-refractivity contribution in [1.29, 1.82) is 5.26 Å². The third-order valence-corrected chi connectivity index (χ3v) is 5.74. The van der Waals surface area contributed by atoms with Crippen molar-refractivity contribution < 1.29 is 9.47 Å². The third-order valence-electron chi connectivity index (χ3n) is 4.80. The molecule has 3 aromatic rings. The Bertz CT molecular complexity index is 1080. The van der Waals surface area contributed by atoms with Crippen LogP contribution in [0.25, 0.3) is 10.9 Å². The van der Waals surface area contributed by atoms with Gasteiger partial charge in [-0.25, -0.2) is 4.98 Å². The number of nitrogens with zero attached hydrogens (tertiary/aromatic N) is 3. The van der Waals surface area contributed by atoms with Crippen LogP contribution >= 0.6 is 11.8 Å². The van der Waals surface area contributed by atoms with Crippen molar-refractivity contribution in [2.75, 3.05) is 19.0 Å². The molecule has 7 heteroatoms. The van der Waals surface area contributed by atoms with Crippen molar-refractivity contribution in [3.63, 3.8) is 0 Å². The molecule has 1 atom stereocenters. The van der Waals surface area contributed by atoms with Gasteiger partial charge < -0.3 is 9.47 Å². The summed E-state index contributed by atoms with van der Waals surface area (Å²) < 4.78 is 13.2. The second kappa shape index (κ2) is 9.12. The van der Waals surface area contributed by atoms with Crippen molar-refractivity contribution in [1.82, 2.24) is 9.55 Å². The van der Waals surface area contributed by atoms with Gasteiger partial charge in [0.2, 0.25) is 0 Å². The molecular formula is C22H21N3O3S. The van der Waals surface area contributed by atoms with Gasteiger partial charge >= 0.3 is 0 Å². The summed E-state index contributed by atoms with van der Waals surface area (Å²) >= 11 is 1.51. The minimum atomic E-state index is -0.0263. The average Bonchev–Trinajstić information content (AvgIpc) is 3.27. The maximum Gasteiger partial charge on any atom is 0.262 e. The topological polar surface area (TPSA) is 77.1 Å². The molecule has 2 aromatic carbocycles. The highest BCUT2D eigenvalue weighted by Crippen LogP contribution is 2.21. The highest BCUT2D eigenvalue weighted by atomic mass is 32.2. The van der Waals surface area contributed by atoms with Gasteiger partial charge in [-0.05, 0) is 49.2 Å². The van der Waals surface area contributed by atoms with Gasteiger partial charge in [-0.3, -0.25) is 9.36 Å². The first-order valence-electron chi connectivity index (χ1n) is 9.61. The van der Waals surface area contributed by atoms with Crippen molar-refractivity contribution in [3.8, 4) is 11.8 Å². The summed E-state index contributed by atoms with van der Waals surface area (Å²) in [6.45, 7) is 1.75. The molecule has 0 aliphatic carbocycles. The highest BCUT2D eigenvalue weighted by molar-refractivity contribution is 7.99. The van der Waals surface area contributed by atoms with Crippen LogP contribution in [-0.2, 0) is 11.3 Å². The molecule has 1 unspecified atom stereocenters. The van der Waals surface area contributed by atoms with Crippen LogP contribution < -0.4 is 10.3 Å². The van der Waals surface area contributed by atoms with E-state index in [4.69, 9.17) is 19.7 Å². The van der Waals surface area contributed by atoms with Crippen LogP contribution in [0.3, 0.4) is 0 Å². The summed E-state index contributed by atoms with van der Waals surface area (Å²) in [4.78, 5) is 17.8. The summed E-state index contributed by atoms with van der Waals surface area (Å²) in [7, 11) is 0. The fourth-order valence-corrected chi connectivity index (χ4v) is 4.15.